The Labute approximate surface area is 211 Å². The summed E-state index contributed by atoms with van der Waals surface area (Å²) >= 11 is 1.91. The molecule has 2 aromatic heterocycles. The number of hydrogen-bond acceptors (Lipinski definition) is 1. The first-order valence-electron chi connectivity index (χ1n) is 12.4. The second-order valence-corrected chi connectivity index (χ2v) is 10.8. The Bertz CT molecular complexity index is 2200. The lowest BCUT2D eigenvalue weighted by Gasteiger charge is -2.11. The van der Waals surface area contributed by atoms with E-state index >= 15 is 0 Å². The largest absolute Gasteiger partial charge is 0.308 e. The Balaban J connectivity index is 1.43. The minimum Gasteiger partial charge on any atom is -0.308 e. The molecule has 8 aromatic rings. The zero-order valence-electron chi connectivity index (χ0n) is 19.3. The summed E-state index contributed by atoms with van der Waals surface area (Å²) in [6.45, 7) is 0. The van der Waals surface area contributed by atoms with Gasteiger partial charge >= 0.3 is 0 Å². The molecule has 0 aliphatic heterocycles. The van der Waals surface area contributed by atoms with Crippen molar-refractivity contribution in [3.63, 3.8) is 0 Å². The van der Waals surface area contributed by atoms with Gasteiger partial charge in [-0.15, -0.1) is 11.3 Å². The molecule has 1 aliphatic rings. The van der Waals surface area contributed by atoms with Crippen molar-refractivity contribution in [2.75, 3.05) is 0 Å². The normalized spacial score (nSPS) is 12.4. The van der Waals surface area contributed by atoms with Gasteiger partial charge in [-0.05, 0) is 57.3 Å². The van der Waals surface area contributed by atoms with Crippen molar-refractivity contribution in [2.24, 2.45) is 0 Å². The maximum atomic E-state index is 2.49. The molecule has 36 heavy (non-hydrogen) atoms. The van der Waals surface area contributed by atoms with Gasteiger partial charge in [-0.25, -0.2) is 0 Å². The molecule has 0 amide bonds. The topological polar surface area (TPSA) is 4.93 Å². The zero-order chi connectivity index (χ0) is 23.4. The van der Waals surface area contributed by atoms with Crippen molar-refractivity contribution < 1.29 is 0 Å². The van der Waals surface area contributed by atoms with Gasteiger partial charge in [0.1, 0.15) is 0 Å². The van der Waals surface area contributed by atoms with Crippen molar-refractivity contribution in [2.45, 2.75) is 0 Å². The molecule has 1 aliphatic carbocycles. The maximum Gasteiger partial charge on any atom is 0.0719 e. The SMILES string of the molecule is c1cc2c3c(cccc3c1)-c1cc(-n3c4ccccc4c4ccc5c6ccccc6sc5c43)ccc1-2. The molecule has 0 saturated heterocycles. The van der Waals surface area contributed by atoms with Gasteiger partial charge in [0.25, 0.3) is 0 Å². The van der Waals surface area contributed by atoms with Crippen molar-refractivity contribution in [3.05, 3.63) is 115 Å². The van der Waals surface area contributed by atoms with Gasteiger partial charge in [0.05, 0.1) is 15.7 Å². The third-order valence-electron chi connectivity index (χ3n) is 7.93. The van der Waals surface area contributed by atoms with Gasteiger partial charge < -0.3 is 4.57 Å². The first-order chi connectivity index (χ1) is 17.9. The monoisotopic (exact) mass is 473 g/mol. The lowest BCUT2D eigenvalue weighted by molar-refractivity contribution is 1.19. The van der Waals surface area contributed by atoms with Crippen LogP contribution in [0.4, 0.5) is 0 Å². The van der Waals surface area contributed by atoms with Crippen LogP contribution in [0.15, 0.2) is 115 Å². The molecule has 2 heteroatoms. The molecule has 0 N–H and O–H groups in total. The number of hydrogen-bond donors (Lipinski definition) is 0. The molecule has 1 nitrogen and oxygen atoms in total. The summed E-state index contributed by atoms with van der Waals surface area (Å²) in [5.41, 5.74) is 9.13. The number of benzene rings is 6. The third kappa shape index (κ3) is 2.26. The van der Waals surface area contributed by atoms with Crippen LogP contribution >= 0.6 is 11.3 Å². The smallest absolute Gasteiger partial charge is 0.0719 e. The van der Waals surface area contributed by atoms with Crippen LogP contribution in [-0.2, 0) is 0 Å². The number of rotatable bonds is 1. The summed E-state index contributed by atoms with van der Waals surface area (Å²) in [6.07, 6.45) is 0. The molecule has 9 rings (SSSR count). The first-order valence-corrected chi connectivity index (χ1v) is 13.2. The molecule has 6 aromatic carbocycles. The molecule has 2 heterocycles. The van der Waals surface area contributed by atoms with E-state index in [2.05, 4.69) is 120 Å². The second kappa shape index (κ2) is 6.63. The summed E-state index contributed by atoms with van der Waals surface area (Å²) in [7, 11) is 0. The lowest BCUT2D eigenvalue weighted by Crippen LogP contribution is -1.94. The van der Waals surface area contributed by atoms with E-state index in [9.17, 15) is 0 Å². The van der Waals surface area contributed by atoms with E-state index in [4.69, 9.17) is 0 Å². The molecule has 0 spiro atoms. The summed E-state index contributed by atoms with van der Waals surface area (Å²) in [4.78, 5) is 0. The highest BCUT2D eigenvalue weighted by Crippen LogP contribution is 2.49. The summed E-state index contributed by atoms with van der Waals surface area (Å²) < 4.78 is 5.19. The predicted molar refractivity (Wildman–Crippen MR) is 156 cm³/mol. The highest BCUT2D eigenvalue weighted by atomic mass is 32.1. The number of aromatic nitrogens is 1. The summed E-state index contributed by atoms with van der Waals surface area (Å²) in [5, 5.41) is 7.99. The van der Waals surface area contributed by atoms with Gasteiger partial charge in [0, 0.05) is 31.9 Å². The van der Waals surface area contributed by atoms with Crippen molar-refractivity contribution in [1.82, 2.24) is 4.57 Å². The molecule has 166 valence electrons. The average molecular weight is 474 g/mol. The fraction of sp³-hybridized carbons (Fsp3) is 0. The van der Waals surface area contributed by atoms with Gasteiger partial charge in [0.15, 0.2) is 0 Å². The second-order valence-electron chi connectivity index (χ2n) is 9.73. The van der Waals surface area contributed by atoms with E-state index in [-0.39, 0.29) is 0 Å². The van der Waals surface area contributed by atoms with E-state index in [0.717, 1.165) is 0 Å². The average Bonchev–Trinajstić information content (AvgIpc) is 3.58. The van der Waals surface area contributed by atoms with E-state index in [0.29, 0.717) is 0 Å². The minimum atomic E-state index is 1.22. The maximum absolute atomic E-state index is 2.49. The Hall–Kier alpha value is -4.40. The van der Waals surface area contributed by atoms with Crippen LogP contribution in [0, 0.1) is 0 Å². The minimum absolute atomic E-state index is 1.22. The van der Waals surface area contributed by atoms with Crippen molar-refractivity contribution >= 4 is 64.1 Å². The van der Waals surface area contributed by atoms with Crippen molar-refractivity contribution in [1.29, 1.82) is 0 Å². The number of fused-ring (bicyclic) bond motifs is 10. The van der Waals surface area contributed by atoms with Gasteiger partial charge in [-0.3, -0.25) is 0 Å². The van der Waals surface area contributed by atoms with E-state index in [1.165, 1.54) is 80.7 Å². The van der Waals surface area contributed by atoms with Crippen LogP contribution in [0.2, 0.25) is 0 Å². The molecule has 0 fully saturated rings. The Morgan fingerprint density at radius 2 is 1.25 bits per heavy atom. The van der Waals surface area contributed by atoms with Gasteiger partial charge in [0.2, 0.25) is 0 Å². The number of para-hydroxylation sites is 1. The quantitative estimate of drug-likeness (QED) is 0.223. The Morgan fingerprint density at radius 3 is 2.14 bits per heavy atom. The third-order valence-corrected chi connectivity index (χ3v) is 9.12. The fourth-order valence-corrected chi connectivity index (χ4v) is 7.66. The highest BCUT2D eigenvalue weighted by molar-refractivity contribution is 7.26. The fourth-order valence-electron chi connectivity index (χ4n) is 6.42. The molecule has 0 radical (unpaired) electrons. The number of thiophene rings is 1. The Morgan fingerprint density at radius 1 is 0.500 bits per heavy atom. The summed E-state index contributed by atoms with van der Waals surface area (Å²) in [5.74, 6) is 0. The van der Waals surface area contributed by atoms with Crippen LogP contribution in [0.1, 0.15) is 0 Å². The van der Waals surface area contributed by atoms with Crippen LogP contribution in [-0.4, -0.2) is 4.57 Å². The predicted octanol–water partition coefficient (Wildman–Crippen LogP) is 9.95. The molecule has 0 atom stereocenters. The van der Waals surface area contributed by atoms with Crippen molar-refractivity contribution in [3.8, 4) is 27.9 Å². The molecular formula is C34H19NS. The van der Waals surface area contributed by atoms with E-state index in [1.807, 2.05) is 11.3 Å². The van der Waals surface area contributed by atoms with Gasteiger partial charge in [-0.1, -0.05) is 91.0 Å². The molecule has 0 saturated carbocycles. The van der Waals surface area contributed by atoms with Gasteiger partial charge in [-0.2, -0.15) is 0 Å². The lowest BCUT2D eigenvalue weighted by atomic mass is 10.0. The zero-order valence-corrected chi connectivity index (χ0v) is 20.1. The van der Waals surface area contributed by atoms with Crippen LogP contribution in [0.25, 0.3) is 80.7 Å². The van der Waals surface area contributed by atoms with Crippen LogP contribution < -0.4 is 0 Å². The molecule has 0 bridgehead atoms. The van der Waals surface area contributed by atoms with Crippen LogP contribution in [0.3, 0.4) is 0 Å². The summed E-state index contributed by atoms with van der Waals surface area (Å²) in [6, 6.07) is 42.6. The molecule has 0 unspecified atom stereocenters. The molecular weight excluding hydrogens is 454 g/mol. The van der Waals surface area contributed by atoms with Crippen LogP contribution in [0.5, 0.6) is 0 Å². The number of nitrogens with zero attached hydrogens (tertiary/aromatic N) is 1. The van der Waals surface area contributed by atoms with E-state index < -0.39 is 0 Å². The Kier molecular flexibility index (Phi) is 3.47. The first kappa shape index (κ1) is 18.9. The standard InChI is InChI=1S/C34H19NS/c1-3-13-30-23(9-1)27-17-18-28-24-10-2-4-14-31(24)36-34(28)33(27)35(30)21-15-16-22-25-11-5-7-20-8-6-12-26(32(20)25)29(22)19-21/h1-19H. The van der Waals surface area contributed by atoms with E-state index in [1.54, 1.807) is 0 Å². The highest BCUT2D eigenvalue weighted by Gasteiger charge is 2.23.